The van der Waals surface area contributed by atoms with E-state index in [-0.39, 0.29) is 5.75 Å². The van der Waals surface area contributed by atoms with E-state index in [4.69, 9.17) is 14.2 Å². The second kappa shape index (κ2) is 9.47. The maximum Gasteiger partial charge on any atom is 0.343 e. The minimum absolute atomic E-state index is 0.273. The molecule has 0 unspecified atom stereocenters. The van der Waals surface area contributed by atoms with Gasteiger partial charge in [0.2, 0.25) is 0 Å². The van der Waals surface area contributed by atoms with Crippen molar-refractivity contribution in [2.75, 3.05) is 13.2 Å². The van der Waals surface area contributed by atoms with E-state index in [9.17, 15) is 9.59 Å². The van der Waals surface area contributed by atoms with E-state index in [1.807, 2.05) is 6.92 Å². The Hall–Kier alpha value is -2.82. The maximum absolute atomic E-state index is 12.4. The maximum atomic E-state index is 12.4. The minimum atomic E-state index is -0.513. The standard InChI is InChI=1S/C20H22O5/c1-3-5-11-24-17-8-6-7-16(13-17)20(22)25-18-10-9-15(14-21)12-19(18)23-4-2/h6-10,12-14H,3-5,11H2,1-2H3. The van der Waals surface area contributed by atoms with Crippen molar-refractivity contribution in [1.29, 1.82) is 0 Å². The van der Waals surface area contributed by atoms with Crippen LogP contribution in [0.1, 0.15) is 47.4 Å². The molecule has 0 N–H and O–H groups in total. The first-order chi connectivity index (χ1) is 12.2. The van der Waals surface area contributed by atoms with Gasteiger partial charge in [0, 0.05) is 5.56 Å². The molecule has 0 aliphatic rings. The largest absolute Gasteiger partial charge is 0.494 e. The predicted molar refractivity (Wildman–Crippen MR) is 94.8 cm³/mol. The Morgan fingerprint density at radius 2 is 1.88 bits per heavy atom. The highest BCUT2D eigenvalue weighted by Gasteiger charge is 2.14. The second-order valence-corrected chi connectivity index (χ2v) is 5.38. The fourth-order valence-electron chi connectivity index (χ4n) is 2.16. The second-order valence-electron chi connectivity index (χ2n) is 5.38. The molecule has 0 aliphatic carbocycles. The van der Waals surface area contributed by atoms with Gasteiger partial charge in [0.1, 0.15) is 12.0 Å². The monoisotopic (exact) mass is 342 g/mol. The molecular formula is C20H22O5. The Morgan fingerprint density at radius 3 is 2.60 bits per heavy atom. The smallest absolute Gasteiger partial charge is 0.343 e. The van der Waals surface area contributed by atoms with Gasteiger partial charge in [-0.15, -0.1) is 0 Å². The van der Waals surface area contributed by atoms with Gasteiger partial charge in [0.15, 0.2) is 11.5 Å². The number of unbranched alkanes of at least 4 members (excludes halogenated alkanes) is 1. The molecule has 0 heterocycles. The van der Waals surface area contributed by atoms with Crippen LogP contribution >= 0.6 is 0 Å². The third-order valence-electron chi connectivity index (χ3n) is 3.44. The van der Waals surface area contributed by atoms with Crippen LogP contribution in [-0.4, -0.2) is 25.5 Å². The summed E-state index contributed by atoms with van der Waals surface area (Å²) in [6.45, 7) is 4.91. The zero-order valence-electron chi connectivity index (χ0n) is 14.5. The van der Waals surface area contributed by atoms with Crippen molar-refractivity contribution < 1.29 is 23.8 Å². The summed E-state index contributed by atoms with van der Waals surface area (Å²) in [5.41, 5.74) is 0.838. The number of rotatable bonds is 9. The van der Waals surface area contributed by atoms with E-state index >= 15 is 0 Å². The Labute approximate surface area is 147 Å². The van der Waals surface area contributed by atoms with Gasteiger partial charge < -0.3 is 14.2 Å². The molecule has 5 nitrogen and oxygen atoms in total. The Bertz CT molecular complexity index is 724. The van der Waals surface area contributed by atoms with E-state index in [2.05, 4.69) is 6.92 Å². The number of aldehydes is 1. The fourth-order valence-corrected chi connectivity index (χ4v) is 2.16. The molecule has 0 bridgehead atoms. The molecule has 5 heteroatoms. The van der Waals surface area contributed by atoms with Gasteiger partial charge >= 0.3 is 5.97 Å². The fraction of sp³-hybridized carbons (Fsp3) is 0.300. The molecule has 0 saturated carbocycles. The van der Waals surface area contributed by atoms with Crippen molar-refractivity contribution in [2.45, 2.75) is 26.7 Å². The summed E-state index contributed by atoms with van der Waals surface area (Å²) in [6, 6.07) is 11.5. The van der Waals surface area contributed by atoms with Crippen LogP contribution in [-0.2, 0) is 0 Å². The molecule has 0 saturated heterocycles. The van der Waals surface area contributed by atoms with E-state index in [0.717, 1.165) is 12.8 Å². The molecule has 2 rings (SSSR count). The minimum Gasteiger partial charge on any atom is -0.494 e. The molecule has 0 spiro atoms. The highest BCUT2D eigenvalue weighted by atomic mass is 16.6. The number of hydrogen-bond acceptors (Lipinski definition) is 5. The molecule has 0 amide bonds. The molecule has 2 aromatic rings. The number of ether oxygens (including phenoxy) is 3. The van der Waals surface area contributed by atoms with E-state index < -0.39 is 5.97 Å². The zero-order valence-corrected chi connectivity index (χ0v) is 14.5. The van der Waals surface area contributed by atoms with Crippen molar-refractivity contribution in [3.63, 3.8) is 0 Å². The topological polar surface area (TPSA) is 61.8 Å². The predicted octanol–water partition coefficient (Wildman–Crippen LogP) is 4.30. The molecule has 0 aromatic heterocycles. The summed E-state index contributed by atoms with van der Waals surface area (Å²) in [7, 11) is 0. The summed E-state index contributed by atoms with van der Waals surface area (Å²) in [4.78, 5) is 23.3. The Kier molecular flexibility index (Phi) is 7.01. The molecule has 2 aromatic carbocycles. The average Bonchev–Trinajstić information content (AvgIpc) is 2.64. The molecular weight excluding hydrogens is 320 g/mol. The van der Waals surface area contributed by atoms with Gasteiger partial charge in [0.25, 0.3) is 0 Å². The van der Waals surface area contributed by atoms with Crippen molar-refractivity contribution in [3.05, 3.63) is 53.6 Å². The lowest BCUT2D eigenvalue weighted by atomic mass is 10.2. The van der Waals surface area contributed by atoms with Crippen molar-refractivity contribution in [1.82, 2.24) is 0 Å². The van der Waals surface area contributed by atoms with Crippen molar-refractivity contribution >= 4 is 12.3 Å². The lowest BCUT2D eigenvalue weighted by Gasteiger charge is -2.11. The summed E-state index contributed by atoms with van der Waals surface area (Å²) in [6.07, 6.45) is 2.71. The molecule has 0 radical (unpaired) electrons. The number of esters is 1. The third kappa shape index (κ3) is 5.35. The van der Waals surface area contributed by atoms with Gasteiger partial charge in [-0.1, -0.05) is 19.4 Å². The number of carbonyl (C=O) groups excluding carboxylic acids is 2. The van der Waals surface area contributed by atoms with Gasteiger partial charge in [0.05, 0.1) is 18.8 Å². The Morgan fingerprint density at radius 1 is 1.04 bits per heavy atom. The van der Waals surface area contributed by atoms with Crippen LogP contribution in [0.2, 0.25) is 0 Å². The van der Waals surface area contributed by atoms with Crippen LogP contribution in [0, 0.1) is 0 Å². The number of carbonyl (C=O) groups is 2. The van der Waals surface area contributed by atoms with Crippen LogP contribution in [0.25, 0.3) is 0 Å². The number of benzene rings is 2. The number of hydrogen-bond donors (Lipinski definition) is 0. The zero-order chi connectivity index (χ0) is 18.1. The van der Waals surface area contributed by atoms with Crippen LogP contribution in [0.5, 0.6) is 17.2 Å². The summed E-state index contributed by atoms with van der Waals surface area (Å²) in [5, 5.41) is 0. The van der Waals surface area contributed by atoms with Gasteiger partial charge in [-0.3, -0.25) is 4.79 Å². The summed E-state index contributed by atoms with van der Waals surface area (Å²) >= 11 is 0. The van der Waals surface area contributed by atoms with Gasteiger partial charge in [-0.05, 0) is 49.7 Å². The first-order valence-electron chi connectivity index (χ1n) is 8.35. The van der Waals surface area contributed by atoms with Crippen molar-refractivity contribution in [3.8, 4) is 17.2 Å². The van der Waals surface area contributed by atoms with Gasteiger partial charge in [-0.2, -0.15) is 0 Å². The van der Waals surface area contributed by atoms with E-state index in [1.54, 1.807) is 42.5 Å². The normalized spacial score (nSPS) is 10.2. The van der Waals surface area contributed by atoms with E-state index in [0.29, 0.717) is 42.1 Å². The highest BCUT2D eigenvalue weighted by molar-refractivity contribution is 5.92. The first kappa shape index (κ1) is 18.5. The SMILES string of the molecule is CCCCOc1cccc(C(=O)Oc2ccc(C=O)cc2OCC)c1. The van der Waals surface area contributed by atoms with Crippen LogP contribution in [0.4, 0.5) is 0 Å². The quantitative estimate of drug-likeness (QED) is 0.294. The molecule has 25 heavy (non-hydrogen) atoms. The highest BCUT2D eigenvalue weighted by Crippen LogP contribution is 2.29. The summed E-state index contributed by atoms with van der Waals surface area (Å²) in [5.74, 6) is 0.746. The van der Waals surface area contributed by atoms with Crippen LogP contribution in [0.15, 0.2) is 42.5 Å². The average molecular weight is 342 g/mol. The summed E-state index contributed by atoms with van der Waals surface area (Å²) < 4.78 is 16.5. The lowest BCUT2D eigenvalue weighted by molar-refractivity contribution is 0.0728. The van der Waals surface area contributed by atoms with E-state index in [1.165, 1.54) is 0 Å². The molecule has 0 atom stereocenters. The van der Waals surface area contributed by atoms with Crippen molar-refractivity contribution in [2.24, 2.45) is 0 Å². The van der Waals surface area contributed by atoms with Crippen LogP contribution < -0.4 is 14.2 Å². The molecule has 0 aliphatic heterocycles. The molecule has 132 valence electrons. The van der Waals surface area contributed by atoms with Gasteiger partial charge in [-0.25, -0.2) is 4.79 Å². The van der Waals surface area contributed by atoms with Crippen LogP contribution in [0.3, 0.4) is 0 Å². The third-order valence-corrected chi connectivity index (χ3v) is 3.44. The molecule has 0 fully saturated rings. The first-order valence-corrected chi connectivity index (χ1v) is 8.35. The Balaban J connectivity index is 2.13. The lowest BCUT2D eigenvalue weighted by Crippen LogP contribution is -2.10.